The minimum Gasteiger partial charge on any atom is -0.325 e. The molecular weight excluding hydrogens is 277 g/mol. The molecule has 22 heavy (non-hydrogen) atoms. The summed E-state index contributed by atoms with van der Waals surface area (Å²) in [6, 6.07) is 14.6. The molecule has 1 aromatic heterocycles. The van der Waals surface area contributed by atoms with Crippen LogP contribution in [0.1, 0.15) is 16.8 Å². The van der Waals surface area contributed by atoms with E-state index in [9.17, 15) is 4.39 Å². The molecule has 3 nitrogen and oxygen atoms in total. The molecule has 112 valence electrons. The summed E-state index contributed by atoms with van der Waals surface area (Å²) in [5.74, 6) is -0.268. The fraction of sp³-hybridized carbons (Fsp3) is 0.167. The molecule has 1 heterocycles. The largest absolute Gasteiger partial charge is 0.325 e. The van der Waals surface area contributed by atoms with Crippen LogP contribution in [0.3, 0.4) is 0 Å². The van der Waals surface area contributed by atoms with E-state index in [1.54, 1.807) is 16.8 Å². The first-order chi connectivity index (χ1) is 10.6. The molecule has 2 N–H and O–H groups in total. The van der Waals surface area contributed by atoms with Crippen molar-refractivity contribution in [2.45, 2.75) is 20.4 Å². The first-order valence-corrected chi connectivity index (χ1v) is 7.21. The average molecular weight is 295 g/mol. The van der Waals surface area contributed by atoms with Crippen molar-refractivity contribution in [3.8, 4) is 16.9 Å². The van der Waals surface area contributed by atoms with Crippen molar-refractivity contribution in [1.82, 2.24) is 9.78 Å². The third-order valence-electron chi connectivity index (χ3n) is 3.85. The molecule has 0 saturated carbocycles. The molecule has 3 aromatic rings. The van der Waals surface area contributed by atoms with Gasteiger partial charge >= 0.3 is 0 Å². The Morgan fingerprint density at radius 1 is 1.05 bits per heavy atom. The highest BCUT2D eigenvalue weighted by atomic mass is 19.1. The van der Waals surface area contributed by atoms with E-state index in [2.05, 4.69) is 18.9 Å². The maximum atomic E-state index is 14.2. The number of benzene rings is 2. The van der Waals surface area contributed by atoms with Crippen LogP contribution in [0.5, 0.6) is 0 Å². The predicted molar refractivity (Wildman–Crippen MR) is 86.3 cm³/mol. The zero-order valence-electron chi connectivity index (χ0n) is 12.7. The minimum atomic E-state index is -0.268. The Balaban J connectivity index is 2.21. The zero-order chi connectivity index (χ0) is 15.7. The second kappa shape index (κ2) is 5.73. The van der Waals surface area contributed by atoms with Crippen molar-refractivity contribution in [3.63, 3.8) is 0 Å². The number of rotatable bonds is 3. The van der Waals surface area contributed by atoms with Gasteiger partial charge in [-0.15, -0.1) is 0 Å². The van der Waals surface area contributed by atoms with E-state index in [0.29, 0.717) is 17.8 Å². The van der Waals surface area contributed by atoms with Crippen LogP contribution in [0, 0.1) is 19.7 Å². The lowest BCUT2D eigenvalue weighted by molar-refractivity contribution is 0.629. The van der Waals surface area contributed by atoms with Gasteiger partial charge in [0.1, 0.15) is 5.82 Å². The number of nitrogens with two attached hydrogens (primary N) is 1. The molecule has 0 aliphatic carbocycles. The van der Waals surface area contributed by atoms with E-state index in [-0.39, 0.29) is 5.82 Å². The van der Waals surface area contributed by atoms with Gasteiger partial charge in [0.2, 0.25) is 0 Å². The Hall–Kier alpha value is -2.46. The minimum absolute atomic E-state index is 0.268. The number of nitrogens with zero attached hydrogens (tertiary/aromatic N) is 2. The van der Waals surface area contributed by atoms with Gasteiger partial charge in [-0.2, -0.15) is 5.10 Å². The molecule has 0 bridgehead atoms. The standard InChI is InChI=1S/C18H18FN3/c1-12-7-8-15(9-13(12)2)22-18(10-14(11-20)21-22)16-5-3-4-6-17(16)19/h3-10H,11,20H2,1-2H3. The number of halogens is 1. The van der Waals surface area contributed by atoms with Gasteiger partial charge in [0.15, 0.2) is 0 Å². The van der Waals surface area contributed by atoms with Crippen LogP contribution in [0.2, 0.25) is 0 Å². The maximum Gasteiger partial charge on any atom is 0.132 e. The fourth-order valence-corrected chi connectivity index (χ4v) is 2.44. The van der Waals surface area contributed by atoms with E-state index in [4.69, 9.17) is 5.73 Å². The van der Waals surface area contributed by atoms with E-state index in [1.807, 2.05) is 30.3 Å². The molecule has 0 spiro atoms. The molecule has 0 saturated heterocycles. The second-order valence-corrected chi connectivity index (χ2v) is 5.39. The topological polar surface area (TPSA) is 43.8 Å². The molecule has 4 heteroatoms. The van der Waals surface area contributed by atoms with Crippen LogP contribution in [0.15, 0.2) is 48.5 Å². The fourth-order valence-electron chi connectivity index (χ4n) is 2.44. The summed E-state index contributed by atoms with van der Waals surface area (Å²) >= 11 is 0. The van der Waals surface area contributed by atoms with Gasteiger partial charge < -0.3 is 5.73 Å². The molecule has 3 rings (SSSR count). The van der Waals surface area contributed by atoms with Gasteiger partial charge in [-0.3, -0.25) is 0 Å². The molecule has 0 aliphatic heterocycles. The lowest BCUT2D eigenvalue weighted by Crippen LogP contribution is -2.03. The molecule has 0 fully saturated rings. The highest BCUT2D eigenvalue weighted by Crippen LogP contribution is 2.27. The van der Waals surface area contributed by atoms with E-state index < -0.39 is 0 Å². The number of aryl methyl sites for hydroxylation is 2. The van der Waals surface area contributed by atoms with Gasteiger partial charge in [0.05, 0.1) is 17.1 Å². The summed E-state index contributed by atoms with van der Waals surface area (Å²) in [5.41, 5.74) is 11.0. The van der Waals surface area contributed by atoms with E-state index >= 15 is 0 Å². The zero-order valence-corrected chi connectivity index (χ0v) is 12.7. The van der Waals surface area contributed by atoms with Crippen LogP contribution in [-0.4, -0.2) is 9.78 Å². The molecule has 0 radical (unpaired) electrons. The first-order valence-electron chi connectivity index (χ1n) is 7.21. The summed E-state index contributed by atoms with van der Waals surface area (Å²) < 4.78 is 15.9. The quantitative estimate of drug-likeness (QED) is 0.799. The smallest absolute Gasteiger partial charge is 0.132 e. The molecule has 0 aliphatic rings. The third-order valence-corrected chi connectivity index (χ3v) is 3.85. The van der Waals surface area contributed by atoms with Gasteiger partial charge in [0.25, 0.3) is 0 Å². The Kier molecular flexibility index (Phi) is 3.77. The monoisotopic (exact) mass is 295 g/mol. The molecule has 0 atom stereocenters. The van der Waals surface area contributed by atoms with Crippen LogP contribution < -0.4 is 5.73 Å². The summed E-state index contributed by atoms with van der Waals surface area (Å²) in [4.78, 5) is 0. The summed E-state index contributed by atoms with van der Waals surface area (Å²) in [6.45, 7) is 4.43. The third kappa shape index (κ3) is 2.53. The average Bonchev–Trinajstić information content (AvgIpc) is 2.94. The molecule has 0 unspecified atom stereocenters. The second-order valence-electron chi connectivity index (χ2n) is 5.39. The van der Waals surface area contributed by atoms with Gasteiger partial charge in [0, 0.05) is 12.1 Å². The maximum absolute atomic E-state index is 14.2. The van der Waals surface area contributed by atoms with Gasteiger partial charge in [-0.25, -0.2) is 9.07 Å². The highest BCUT2D eigenvalue weighted by Gasteiger charge is 2.14. The Bertz CT molecular complexity index is 821. The Labute approximate surface area is 129 Å². The highest BCUT2D eigenvalue weighted by molar-refractivity contribution is 5.63. The number of aromatic nitrogens is 2. The normalized spacial score (nSPS) is 10.9. The van der Waals surface area contributed by atoms with E-state index in [1.165, 1.54) is 17.2 Å². The van der Waals surface area contributed by atoms with Gasteiger partial charge in [-0.05, 0) is 55.3 Å². The predicted octanol–water partition coefficient (Wildman–Crippen LogP) is 3.75. The lowest BCUT2D eigenvalue weighted by Gasteiger charge is -2.10. The SMILES string of the molecule is Cc1ccc(-n2nc(CN)cc2-c2ccccc2F)cc1C. The summed E-state index contributed by atoms with van der Waals surface area (Å²) in [6.07, 6.45) is 0. The Morgan fingerprint density at radius 3 is 2.50 bits per heavy atom. The number of hydrogen-bond acceptors (Lipinski definition) is 2. The summed E-state index contributed by atoms with van der Waals surface area (Å²) in [7, 11) is 0. The summed E-state index contributed by atoms with van der Waals surface area (Å²) in [5, 5.41) is 4.51. The van der Waals surface area contributed by atoms with Crippen molar-refractivity contribution in [1.29, 1.82) is 0 Å². The van der Waals surface area contributed by atoms with Crippen molar-refractivity contribution in [2.75, 3.05) is 0 Å². The van der Waals surface area contributed by atoms with Crippen LogP contribution in [0.4, 0.5) is 4.39 Å². The van der Waals surface area contributed by atoms with Crippen molar-refractivity contribution in [3.05, 3.63) is 71.2 Å². The number of hydrogen-bond donors (Lipinski definition) is 1. The van der Waals surface area contributed by atoms with Crippen molar-refractivity contribution >= 4 is 0 Å². The first kappa shape index (κ1) is 14.5. The molecule has 0 amide bonds. The van der Waals surface area contributed by atoms with Crippen LogP contribution in [-0.2, 0) is 6.54 Å². The molecular formula is C18H18FN3. The van der Waals surface area contributed by atoms with Crippen molar-refractivity contribution in [2.24, 2.45) is 5.73 Å². The lowest BCUT2D eigenvalue weighted by atomic mass is 10.1. The van der Waals surface area contributed by atoms with Crippen LogP contribution in [0.25, 0.3) is 16.9 Å². The van der Waals surface area contributed by atoms with Gasteiger partial charge in [-0.1, -0.05) is 18.2 Å². The van der Waals surface area contributed by atoms with Crippen molar-refractivity contribution < 1.29 is 4.39 Å². The van der Waals surface area contributed by atoms with Crippen LogP contribution >= 0.6 is 0 Å². The Morgan fingerprint density at radius 2 is 1.82 bits per heavy atom. The molecule has 2 aromatic carbocycles. The van der Waals surface area contributed by atoms with E-state index in [0.717, 1.165) is 11.4 Å².